The molecule has 0 aliphatic carbocycles. The van der Waals surface area contributed by atoms with Crippen molar-refractivity contribution in [3.05, 3.63) is 112 Å². The Kier molecular flexibility index (Phi) is 17.1. The van der Waals surface area contributed by atoms with Gasteiger partial charge >= 0.3 is 0 Å². The Balaban J connectivity index is 1.59. The zero-order chi connectivity index (χ0) is 49.6. The molecule has 1 amide bonds. The lowest BCUT2D eigenvalue weighted by Gasteiger charge is -2.42. The van der Waals surface area contributed by atoms with Crippen molar-refractivity contribution in [1.29, 1.82) is 5.26 Å². The normalized spacial score (nSPS) is 18.4. The molecule has 2 aromatic heterocycles. The van der Waals surface area contributed by atoms with Gasteiger partial charge in [-0.2, -0.15) is 10.2 Å². The van der Waals surface area contributed by atoms with Gasteiger partial charge in [-0.25, -0.2) is 9.65 Å². The van der Waals surface area contributed by atoms with E-state index in [-0.39, 0.29) is 65.7 Å². The third-order valence-electron chi connectivity index (χ3n) is 12.5. The van der Waals surface area contributed by atoms with Crippen LogP contribution in [0.25, 0.3) is 11.2 Å². The number of amides is 1. The maximum atomic E-state index is 13.6. The maximum Gasteiger partial charge on any atom is 0.280 e. The van der Waals surface area contributed by atoms with Crippen molar-refractivity contribution in [2.45, 2.75) is 129 Å². The molecule has 18 heteroatoms. The highest BCUT2D eigenvalue weighted by Crippen LogP contribution is 2.53. The Labute approximate surface area is 402 Å². The van der Waals surface area contributed by atoms with E-state index in [1.54, 1.807) is 32.6 Å². The molecular formula is C50H68N7O9PSi. The zero-order valence-electron chi connectivity index (χ0n) is 41.6. The van der Waals surface area contributed by atoms with E-state index in [4.69, 9.17) is 37.4 Å². The summed E-state index contributed by atoms with van der Waals surface area (Å²) in [6.07, 6.45) is -1.90. The third-order valence-corrected chi connectivity index (χ3v) is 19.1. The van der Waals surface area contributed by atoms with Crippen molar-refractivity contribution in [2.24, 2.45) is 5.92 Å². The van der Waals surface area contributed by atoms with Crippen LogP contribution < -0.4 is 20.3 Å². The highest BCUT2D eigenvalue weighted by atomic mass is 31.2. The summed E-state index contributed by atoms with van der Waals surface area (Å²) in [7, 11) is -1.30. The quantitative estimate of drug-likeness (QED) is 0.0307. The number of anilines is 1. The molecule has 5 atom stereocenters. The molecule has 0 spiro atoms. The molecule has 0 saturated carbocycles. The molecule has 6 rings (SSSR count). The summed E-state index contributed by atoms with van der Waals surface area (Å²) in [6, 6.07) is 27.8. The van der Waals surface area contributed by atoms with Crippen LogP contribution in [0.1, 0.15) is 91.7 Å². The largest absolute Gasteiger partial charge is 0.497 e. The van der Waals surface area contributed by atoms with Gasteiger partial charge in [-0.1, -0.05) is 89.2 Å². The Morgan fingerprint density at radius 1 is 0.912 bits per heavy atom. The SMILES string of the molecule is COc1ccc(C(OC[C@H]2O[C@@H](n3cnc4c(=O)[nH]c(NC(=O)C(C)C)nc43)C(O[Si](C)(C)C(C)(C)C)[C@H]2OP(OCCC#N)N(C(C)C)C(C)C)(c2ccccc2)c2ccc(OC)cc2)cc1. The molecule has 68 heavy (non-hydrogen) atoms. The maximum absolute atomic E-state index is 13.6. The number of hydrogen-bond acceptors (Lipinski definition) is 13. The number of aromatic amines is 1. The second kappa shape index (κ2) is 22.2. The van der Waals surface area contributed by atoms with Crippen molar-refractivity contribution in [3.63, 3.8) is 0 Å². The predicted molar refractivity (Wildman–Crippen MR) is 266 cm³/mol. The molecule has 1 aliphatic rings. The van der Waals surface area contributed by atoms with Gasteiger partial charge in [-0.15, -0.1) is 0 Å². The topological polar surface area (TPSA) is 184 Å². The van der Waals surface area contributed by atoms with Crippen LogP contribution in [0.2, 0.25) is 18.1 Å². The number of carbonyl (C=O) groups is 1. The second-order valence-corrected chi connectivity index (χ2v) is 25.4. The molecule has 1 aliphatic heterocycles. The molecule has 16 nitrogen and oxygen atoms in total. The van der Waals surface area contributed by atoms with E-state index < -0.39 is 52.5 Å². The van der Waals surface area contributed by atoms with Gasteiger partial charge in [-0.05, 0) is 86.8 Å². The summed E-state index contributed by atoms with van der Waals surface area (Å²) >= 11 is 0. The first kappa shape index (κ1) is 52.4. The van der Waals surface area contributed by atoms with Gasteiger partial charge in [-0.3, -0.25) is 24.5 Å². The average Bonchev–Trinajstić information content (AvgIpc) is 3.87. The molecule has 0 bridgehead atoms. The number of H-pyrrole nitrogens is 1. The molecule has 5 aromatic rings. The highest BCUT2D eigenvalue weighted by molar-refractivity contribution is 7.44. The minimum atomic E-state index is -2.70. The molecule has 366 valence electrons. The number of imidazole rings is 1. The number of aromatic nitrogens is 4. The summed E-state index contributed by atoms with van der Waals surface area (Å²) in [5.74, 6) is 0.647. The van der Waals surface area contributed by atoms with E-state index in [1.807, 2.05) is 78.9 Å². The second-order valence-electron chi connectivity index (χ2n) is 19.2. The Morgan fingerprint density at radius 2 is 1.49 bits per heavy atom. The number of fused-ring (bicyclic) bond motifs is 1. The molecule has 2 unspecified atom stereocenters. The standard InChI is InChI=1S/C50H68N7O9PSi/c1-32(2)45(58)54-48-53-44-41(46(59)55-48)52-31-56(44)47-43(66-68(12,13)49(7,8)9)42(65-67(63-29-17-28-51)57(33(3)4)34(5)6)40(64-47)30-62-50(35-18-15-14-16-19-35,36-20-24-38(60-10)25-21-36)37-22-26-39(61-11)27-23-37/h14-16,18-27,31-34,40,42-43,47H,17,29-30H2,1-13H3,(H2,53,54,55,58,59)/t40-,42+,43?,47-,67?/m1/s1. The van der Waals surface area contributed by atoms with Crippen molar-refractivity contribution in [2.75, 3.05) is 32.8 Å². The monoisotopic (exact) mass is 969 g/mol. The molecule has 1 saturated heterocycles. The third kappa shape index (κ3) is 11.4. The van der Waals surface area contributed by atoms with Gasteiger partial charge in [0.15, 0.2) is 25.7 Å². The summed E-state index contributed by atoms with van der Waals surface area (Å²) in [6.45, 7) is 22.7. The Bertz CT molecular complexity index is 2490. The fourth-order valence-corrected chi connectivity index (χ4v) is 11.0. The van der Waals surface area contributed by atoms with Crippen LogP contribution in [-0.4, -0.2) is 96.2 Å². The van der Waals surface area contributed by atoms with Gasteiger partial charge in [0.2, 0.25) is 11.9 Å². The van der Waals surface area contributed by atoms with E-state index in [0.29, 0.717) is 11.5 Å². The number of methoxy groups -OCH3 is 2. The number of carbonyl (C=O) groups excluding carboxylic acids is 1. The molecule has 0 radical (unpaired) electrons. The number of rotatable bonds is 21. The zero-order valence-corrected chi connectivity index (χ0v) is 43.5. The van der Waals surface area contributed by atoms with Crippen LogP contribution in [0.3, 0.4) is 0 Å². The van der Waals surface area contributed by atoms with Crippen LogP contribution in [0, 0.1) is 17.2 Å². The molecule has 3 aromatic carbocycles. The number of nitrogens with one attached hydrogen (secondary N) is 2. The van der Waals surface area contributed by atoms with Gasteiger partial charge < -0.3 is 32.4 Å². The van der Waals surface area contributed by atoms with E-state index in [2.05, 4.69) is 87.6 Å². The van der Waals surface area contributed by atoms with E-state index in [0.717, 1.165) is 16.7 Å². The van der Waals surface area contributed by atoms with Crippen LogP contribution in [0.5, 0.6) is 11.5 Å². The van der Waals surface area contributed by atoms with E-state index >= 15 is 0 Å². The summed E-state index contributed by atoms with van der Waals surface area (Å²) in [5, 5.41) is 12.1. The van der Waals surface area contributed by atoms with Crippen molar-refractivity contribution in [1.82, 2.24) is 24.2 Å². The van der Waals surface area contributed by atoms with E-state index in [9.17, 15) is 14.9 Å². The van der Waals surface area contributed by atoms with E-state index in [1.165, 1.54) is 6.33 Å². The number of ether oxygens (including phenoxy) is 4. The number of nitriles is 1. The number of nitrogens with zero attached hydrogens (tertiary/aromatic N) is 5. The highest BCUT2D eigenvalue weighted by Gasteiger charge is 2.54. The fraction of sp³-hybridized carbons (Fsp3) is 0.500. The lowest BCUT2D eigenvalue weighted by atomic mass is 9.80. The number of benzene rings is 3. The molecule has 1 fully saturated rings. The van der Waals surface area contributed by atoms with Gasteiger partial charge in [0, 0.05) is 18.0 Å². The van der Waals surface area contributed by atoms with Crippen molar-refractivity contribution < 1.29 is 37.2 Å². The minimum Gasteiger partial charge on any atom is -0.497 e. The lowest BCUT2D eigenvalue weighted by molar-refractivity contribution is -0.118. The average molecular weight is 970 g/mol. The first-order valence-electron chi connectivity index (χ1n) is 23.1. The predicted octanol–water partition coefficient (Wildman–Crippen LogP) is 9.69. The summed E-state index contributed by atoms with van der Waals surface area (Å²) in [4.78, 5) is 38.5. The fourth-order valence-electron chi connectivity index (χ4n) is 7.95. The van der Waals surface area contributed by atoms with Crippen molar-refractivity contribution >= 4 is 39.9 Å². The van der Waals surface area contributed by atoms with Gasteiger partial charge in [0.05, 0.1) is 46.3 Å². The number of hydrogen-bond donors (Lipinski definition) is 2. The van der Waals surface area contributed by atoms with Crippen LogP contribution in [0.4, 0.5) is 5.95 Å². The summed E-state index contributed by atoms with van der Waals surface area (Å²) < 4.78 is 51.3. The molecule has 2 N–H and O–H groups in total. The first-order valence-corrected chi connectivity index (χ1v) is 27.1. The lowest BCUT2D eigenvalue weighted by Crippen LogP contribution is -2.50. The first-order chi connectivity index (χ1) is 32.3. The molecule has 3 heterocycles. The Hall–Kier alpha value is -5.02. The summed E-state index contributed by atoms with van der Waals surface area (Å²) in [5.41, 5.74) is 0.963. The van der Waals surface area contributed by atoms with Crippen molar-refractivity contribution in [3.8, 4) is 17.6 Å². The van der Waals surface area contributed by atoms with Crippen LogP contribution in [0.15, 0.2) is 90.0 Å². The van der Waals surface area contributed by atoms with Gasteiger partial charge in [0.25, 0.3) is 14.1 Å². The minimum absolute atomic E-state index is 0.0142. The Morgan fingerprint density at radius 3 is 2.00 bits per heavy atom. The molecular weight excluding hydrogens is 902 g/mol. The van der Waals surface area contributed by atoms with Crippen LogP contribution in [-0.2, 0) is 33.3 Å². The van der Waals surface area contributed by atoms with Crippen LogP contribution >= 0.6 is 8.53 Å². The smallest absolute Gasteiger partial charge is 0.280 e. The van der Waals surface area contributed by atoms with Gasteiger partial charge in [0.1, 0.15) is 35.4 Å².